The number of nitrogens with zero attached hydrogens (tertiary/aromatic N) is 2. The Morgan fingerprint density at radius 3 is 1.60 bits per heavy atom. The van der Waals surface area contributed by atoms with Gasteiger partial charge < -0.3 is 9.47 Å². The Bertz CT molecular complexity index is 3210. The monoisotopic (exact) mass is 744 g/mol. The maximum absolute atomic E-state index is 2.45. The smallest absolute Gasteiger partial charge is 0.0541 e. The minimum atomic E-state index is 1.09. The molecule has 0 radical (unpaired) electrons. The molecule has 2 heterocycles. The lowest BCUT2D eigenvalue weighted by molar-refractivity contribution is 1.17. The number of hydrogen-bond acceptors (Lipinski definition) is 2. The first-order valence-corrected chi connectivity index (χ1v) is 20.3. The van der Waals surface area contributed by atoms with E-state index >= 15 is 0 Å². The third kappa shape index (κ3) is 5.63. The SMILES string of the molecule is c1ccc(-c2ccccc2-c2ccccc2-c2ccccc2N(c2cccc(-n3c4ccccc4c4ccccc43)c2)c2ccc3c(c2)sc2ccccc23)cc1. The molecular formula is C54H36N2S. The number of thiophene rings is 1. The Labute approximate surface area is 335 Å². The van der Waals surface area contributed by atoms with Gasteiger partial charge in [0.1, 0.15) is 0 Å². The quantitative estimate of drug-likeness (QED) is 0.158. The van der Waals surface area contributed by atoms with E-state index in [1.165, 1.54) is 69.8 Å². The van der Waals surface area contributed by atoms with Gasteiger partial charge in [0.25, 0.3) is 0 Å². The summed E-state index contributed by atoms with van der Waals surface area (Å²) in [4.78, 5) is 2.45. The number of para-hydroxylation sites is 3. The van der Waals surface area contributed by atoms with Crippen molar-refractivity contribution in [1.82, 2.24) is 4.57 Å². The third-order valence-electron chi connectivity index (χ3n) is 11.2. The second kappa shape index (κ2) is 13.8. The molecule has 0 spiro atoms. The van der Waals surface area contributed by atoms with Gasteiger partial charge in [-0.15, -0.1) is 11.3 Å². The van der Waals surface area contributed by atoms with Crippen molar-refractivity contribution < 1.29 is 0 Å². The second-order valence-corrected chi connectivity index (χ2v) is 15.6. The van der Waals surface area contributed by atoms with E-state index in [1.807, 2.05) is 11.3 Å². The maximum atomic E-state index is 2.45. The van der Waals surface area contributed by atoms with Gasteiger partial charge in [0, 0.05) is 53.6 Å². The summed E-state index contributed by atoms with van der Waals surface area (Å²) in [7, 11) is 0. The molecule has 0 fully saturated rings. The van der Waals surface area contributed by atoms with Crippen LogP contribution in [0.2, 0.25) is 0 Å². The van der Waals surface area contributed by atoms with Crippen LogP contribution in [0.15, 0.2) is 218 Å². The van der Waals surface area contributed by atoms with E-state index in [1.54, 1.807) is 0 Å². The topological polar surface area (TPSA) is 8.17 Å². The van der Waals surface area contributed by atoms with Crippen LogP contribution in [0.5, 0.6) is 0 Å². The number of benzene rings is 9. The van der Waals surface area contributed by atoms with Crippen LogP contribution in [0.4, 0.5) is 17.1 Å². The van der Waals surface area contributed by atoms with E-state index in [2.05, 4.69) is 228 Å². The molecule has 11 rings (SSSR count). The van der Waals surface area contributed by atoms with Gasteiger partial charge in [-0.2, -0.15) is 0 Å². The first-order chi connectivity index (χ1) is 28.3. The lowest BCUT2D eigenvalue weighted by Crippen LogP contribution is -2.12. The summed E-state index contributed by atoms with van der Waals surface area (Å²) < 4.78 is 4.98. The molecule has 0 bridgehead atoms. The van der Waals surface area contributed by atoms with Crippen molar-refractivity contribution in [1.29, 1.82) is 0 Å². The number of rotatable bonds is 7. The minimum Gasteiger partial charge on any atom is -0.310 e. The molecule has 2 nitrogen and oxygen atoms in total. The molecule has 9 aromatic carbocycles. The summed E-state index contributed by atoms with van der Waals surface area (Å²) in [6.45, 7) is 0. The fraction of sp³-hybridized carbons (Fsp3) is 0. The van der Waals surface area contributed by atoms with E-state index in [-0.39, 0.29) is 0 Å². The molecule has 0 unspecified atom stereocenters. The van der Waals surface area contributed by atoms with Crippen LogP contribution >= 0.6 is 11.3 Å². The summed E-state index contributed by atoms with van der Waals surface area (Å²) in [5.74, 6) is 0. The summed E-state index contributed by atoms with van der Waals surface area (Å²) >= 11 is 1.86. The molecule has 0 N–H and O–H groups in total. The van der Waals surface area contributed by atoms with E-state index in [0.29, 0.717) is 0 Å². The number of aromatic nitrogens is 1. The zero-order chi connectivity index (χ0) is 37.7. The van der Waals surface area contributed by atoms with Gasteiger partial charge in [0.2, 0.25) is 0 Å². The zero-order valence-corrected chi connectivity index (χ0v) is 31.9. The molecule has 268 valence electrons. The lowest BCUT2D eigenvalue weighted by atomic mass is 9.88. The predicted molar refractivity (Wildman–Crippen MR) is 245 cm³/mol. The average molecular weight is 745 g/mol. The van der Waals surface area contributed by atoms with Gasteiger partial charge in [-0.3, -0.25) is 0 Å². The largest absolute Gasteiger partial charge is 0.310 e. The first-order valence-electron chi connectivity index (χ1n) is 19.4. The van der Waals surface area contributed by atoms with E-state index in [0.717, 1.165) is 28.3 Å². The molecule has 0 aliphatic carbocycles. The molecule has 0 aliphatic rings. The Hall–Kier alpha value is -7.20. The lowest BCUT2D eigenvalue weighted by Gasteiger charge is -2.29. The summed E-state index contributed by atoms with van der Waals surface area (Å²) in [5, 5.41) is 5.09. The van der Waals surface area contributed by atoms with Crippen LogP contribution in [-0.2, 0) is 0 Å². The number of fused-ring (bicyclic) bond motifs is 6. The van der Waals surface area contributed by atoms with E-state index in [9.17, 15) is 0 Å². The van der Waals surface area contributed by atoms with Gasteiger partial charge in [0.05, 0.1) is 16.7 Å². The van der Waals surface area contributed by atoms with Crippen LogP contribution in [0.25, 0.3) is 81.0 Å². The molecule has 0 saturated carbocycles. The molecule has 0 amide bonds. The van der Waals surface area contributed by atoms with Crippen LogP contribution < -0.4 is 4.90 Å². The van der Waals surface area contributed by atoms with Crippen molar-refractivity contribution in [2.75, 3.05) is 4.90 Å². The normalized spacial score (nSPS) is 11.5. The number of hydrogen-bond donors (Lipinski definition) is 0. The maximum Gasteiger partial charge on any atom is 0.0541 e. The summed E-state index contributed by atoms with van der Waals surface area (Å²) in [5.41, 5.74) is 14.0. The van der Waals surface area contributed by atoms with E-state index < -0.39 is 0 Å². The van der Waals surface area contributed by atoms with Gasteiger partial charge in [-0.1, -0.05) is 164 Å². The van der Waals surface area contributed by atoms with Crippen LogP contribution in [0.1, 0.15) is 0 Å². The van der Waals surface area contributed by atoms with Gasteiger partial charge in [-0.05, 0) is 82.4 Å². The first kappa shape index (κ1) is 33.2. The van der Waals surface area contributed by atoms with Gasteiger partial charge >= 0.3 is 0 Å². The van der Waals surface area contributed by atoms with Crippen molar-refractivity contribution in [3.63, 3.8) is 0 Å². The highest BCUT2D eigenvalue weighted by atomic mass is 32.1. The molecule has 0 atom stereocenters. The molecule has 2 aromatic heterocycles. The fourth-order valence-corrected chi connectivity index (χ4v) is 9.83. The Kier molecular flexibility index (Phi) is 8.04. The molecule has 57 heavy (non-hydrogen) atoms. The predicted octanol–water partition coefficient (Wildman–Crippen LogP) is 15.6. The zero-order valence-electron chi connectivity index (χ0n) is 31.1. The second-order valence-electron chi connectivity index (χ2n) is 14.5. The van der Waals surface area contributed by atoms with Crippen molar-refractivity contribution in [3.05, 3.63) is 218 Å². The van der Waals surface area contributed by atoms with Crippen molar-refractivity contribution in [3.8, 4) is 39.1 Å². The molecule has 11 aromatic rings. The standard InChI is InChI=1S/C54H36N2S/c1-2-17-37(18-3-1)41-21-4-5-22-42(41)43-23-6-7-24-44(43)45-25-8-12-29-50(45)55(40-33-34-49-48-28-11-15-32-53(48)57-54(49)36-40)38-19-16-20-39(35-38)56-51-30-13-9-26-46(51)47-27-10-14-31-52(47)56/h1-36H. The molecule has 0 saturated heterocycles. The van der Waals surface area contributed by atoms with Crippen molar-refractivity contribution in [2.24, 2.45) is 0 Å². The molecule has 3 heteroatoms. The van der Waals surface area contributed by atoms with Crippen LogP contribution in [0, 0.1) is 0 Å². The fourth-order valence-electron chi connectivity index (χ4n) is 8.69. The Morgan fingerprint density at radius 1 is 0.333 bits per heavy atom. The highest BCUT2D eigenvalue weighted by Crippen LogP contribution is 2.47. The average Bonchev–Trinajstić information content (AvgIpc) is 3.83. The summed E-state index contributed by atoms with van der Waals surface area (Å²) in [6.07, 6.45) is 0. The third-order valence-corrected chi connectivity index (χ3v) is 12.3. The highest BCUT2D eigenvalue weighted by molar-refractivity contribution is 7.25. The summed E-state index contributed by atoms with van der Waals surface area (Å²) in [6, 6.07) is 79.5. The van der Waals surface area contributed by atoms with E-state index in [4.69, 9.17) is 0 Å². The van der Waals surface area contributed by atoms with Crippen LogP contribution in [-0.4, -0.2) is 4.57 Å². The van der Waals surface area contributed by atoms with Gasteiger partial charge in [-0.25, -0.2) is 0 Å². The molecule has 0 aliphatic heterocycles. The van der Waals surface area contributed by atoms with Crippen LogP contribution in [0.3, 0.4) is 0 Å². The van der Waals surface area contributed by atoms with Crippen molar-refractivity contribution in [2.45, 2.75) is 0 Å². The minimum absolute atomic E-state index is 1.09. The van der Waals surface area contributed by atoms with Gasteiger partial charge in [0.15, 0.2) is 0 Å². The van der Waals surface area contributed by atoms with Crippen molar-refractivity contribution >= 4 is 70.4 Å². The Morgan fingerprint density at radius 2 is 0.860 bits per heavy atom. The number of anilines is 3. The molecular weight excluding hydrogens is 709 g/mol. The highest BCUT2D eigenvalue weighted by Gasteiger charge is 2.22. The Balaban J connectivity index is 1.15.